The second-order valence-electron chi connectivity index (χ2n) is 8.18. The first-order chi connectivity index (χ1) is 13.7. The van der Waals surface area contributed by atoms with Gasteiger partial charge in [-0.2, -0.15) is 0 Å². The molecular weight excluding hydrogens is 352 g/mol. The second-order valence-corrected chi connectivity index (χ2v) is 8.18. The van der Waals surface area contributed by atoms with Gasteiger partial charge in [0.2, 0.25) is 11.8 Å². The summed E-state index contributed by atoms with van der Waals surface area (Å²) in [5.41, 5.74) is 2.20. The molecule has 1 aromatic carbocycles. The normalized spacial score (nSPS) is 23.9. The van der Waals surface area contributed by atoms with Crippen LogP contribution in [-0.2, 0) is 16.0 Å². The summed E-state index contributed by atoms with van der Waals surface area (Å²) < 4.78 is 0. The molecule has 0 N–H and O–H groups in total. The van der Waals surface area contributed by atoms with Gasteiger partial charge in [0.25, 0.3) is 0 Å². The Bertz CT molecular complexity index is 714. The molecule has 0 spiro atoms. The number of piperazine rings is 1. The Labute approximate surface area is 168 Å². The smallest absolute Gasteiger partial charge is 0.227 e. The molecule has 0 aromatic heterocycles. The lowest BCUT2D eigenvalue weighted by Gasteiger charge is -2.37. The van der Waals surface area contributed by atoms with Crippen LogP contribution in [0.25, 0.3) is 0 Å². The lowest BCUT2D eigenvalue weighted by atomic mass is 10.0. The third-order valence-electron chi connectivity index (χ3n) is 6.63. The molecule has 0 bridgehead atoms. The molecule has 4 rings (SSSR count). The van der Waals surface area contributed by atoms with E-state index in [1.807, 2.05) is 28.0 Å². The molecule has 1 unspecified atom stereocenters. The quantitative estimate of drug-likeness (QED) is 0.774. The van der Waals surface area contributed by atoms with E-state index in [1.54, 1.807) is 0 Å². The van der Waals surface area contributed by atoms with E-state index in [0.717, 1.165) is 64.3 Å². The van der Waals surface area contributed by atoms with Gasteiger partial charge in [0.05, 0.1) is 0 Å². The van der Waals surface area contributed by atoms with Crippen LogP contribution in [0.1, 0.15) is 31.7 Å². The third-order valence-corrected chi connectivity index (χ3v) is 6.63. The Hall–Kier alpha value is -1.92. The van der Waals surface area contributed by atoms with Gasteiger partial charge in [0.1, 0.15) is 0 Å². The van der Waals surface area contributed by atoms with Crippen LogP contribution < -0.4 is 4.90 Å². The number of likely N-dealkylation sites (N-methyl/N-ethyl adjacent to an activating group) is 1. The largest absolute Gasteiger partial charge is 0.341 e. The number of likely N-dealkylation sites (tertiary alicyclic amines) is 1. The minimum atomic E-state index is 0.139. The zero-order valence-electron chi connectivity index (χ0n) is 17.0. The van der Waals surface area contributed by atoms with E-state index in [4.69, 9.17) is 0 Å². The number of amides is 2. The molecule has 3 aliphatic heterocycles. The molecule has 1 aromatic rings. The molecule has 0 saturated carbocycles. The number of hydrogen-bond acceptors (Lipinski definition) is 4. The van der Waals surface area contributed by atoms with Crippen LogP contribution in [-0.4, -0.2) is 84.9 Å². The molecule has 6 heteroatoms. The fraction of sp³-hybridized carbons (Fsp3) is 0.636. The van der Waals surface area contributed by atoms with Crippen molar-refractivity contribution in [3.63, 3.8) is 0 Å². The Morgan fingerprint density at radius 2 is 1.86 bits per heavy atom. The number of para-hydroxylation sites is 1. The maximum atomic E-state index is 12.8. The lowest BCUT2D eigenvalue weighted by Crippen LogP contribution is -2.51. The van der Waals surface area contributed by atoms with Crippen molar-refractivity contribution in [3.05, 3.63) is 29.8 Å². The molecule has 2 saturated heterocycles. The molecule has 1 atom stereocenters. The summed E-state index contributed by atoms with van der Waals surface area (Å²) in [6.07, 6.45) is 2.83. The minimum Gasteiger partial charge on any atom is -0.341 e. The average molecular weight is 385 g/mol. The fourth-order valence-corrected chi connectivity index (χ4v) is 4.82. The standard InChI is InChI=1S/C22H32N4O2/c1-2-23-13-15-24(16-14-23)19-9-11-25(17-19)21(27)10-12-26-20-6-4-3-5-18(20)7-8-22(26)28/h3-6,19H,2,7-17H2,1H3. The van der Waals surface area contributed by atoms with Crippen molar-refractivity contribution < 1.29 is 9.59 Å². The highest BCUT2D eigenvalue weighted by Gasteiger charge is 2.32. The Balaban J connectivity index is 1.29. The number of aryl methyl sites for hydroxylation is 1. The highest BCUT2D eigenvalue weighted by atomic mass is 16.2. The SMILES string of the molecule is CCN1CCN(C2CCN(C(=O)CCN3C(=O)CCc4ccccc43)C2)CC1. The zero-order chi connectivity index (χ0) is 19.5. The number of carbonyl (C=O) groups excluding carboxylic acids is 2. The van der Waals surface area contributed by atoms with Crippen molar-refractivity contribution >= 4 is 17.5 Å². The summed E-state index contributed by atoms with van der Waals surface area (Å²) in [5.74, 6) is 0.324. The Morgan fingerprint density at radius 1 is 1.07 bits per heavy atom. The summed E-state index contributed by atoms with van der Waals surface area (Å²) in [4.78, 5) is 34.1. The van der Waals surface area contributed by atoms with Crippen LogP contribution in [0.3, 0.4) is 0 Å². The molecule has 2 fully saturated rings. The van der Waals surface area contributed by atoms with Gasteiger partial charge in [-0.1, -0.05) is 25.1 Å². The Morgan fingerprint density at radius 3 is 2.64 bits per heavy atom. The van der Waals surface area contributed by atoms with Crippen molar-refractivity contribution in [2.75, 3.05) is 57.3 Å². The van der Waals surface area contributed by atoms with E-state index >= 15 is 0 Å². The van der Waals surface area contributed by atoms with Gasteiger partial charge in [-0.25, -0.2) is 0 Å². The first-order valence-corrected chi connectivity index (χ1v) is 10.8. The topological polar surface area (TPSA) is 47.1 Å². The van der Waals surface area contributed by atoms with Gasteiger partial charge in [-0.15, -0.1) is 0 Å². The van der Waals surface area contributed by atoms with Crippen LogP contribution in [0.5, 0.6) is 0 Å². The van der Waals surface area contributed by atoms with Crippen molar-refractivity contribution in [3.8, 4) is 0 Å². The molecule has 152 valence electrons. The minimum absolute atomic E-state index is 0.139. The molecule has 3 aliphatic rings. The van der Waals surface area contributed by atoms with E-state index in [1.165, 1.54) is 5.56 Å². The van der Waals surface area contributed by atoms with E-state index in [-0.39, 0.29) is 11.8 Å². The molecule has 2 amide bonds. The molecular formula is C22H32N4O2. The summed E-state index contributed by atoms with van der Waals surface area (Å²) in [5, 5.41) is 0. The molecule has 0 aliphatic carbocycles. The van der Waals surface area contributed by atoms with E-state index < -0.39 is 0 Å². The summed E-state index contributed by atoms with van der Waals surface area (Å²) in [6.45, 7) is 10.0. The monoisotopic (exact) mass is 384 g/mol. The lowest BCUT2D eigenvalue weighted by molar-refractivity contribution is -0.130. The fourth-order valence-electron chi connectivity index (χ4n) is 4.82. The maximum absolute atomic E-state index is 12.8. The van der Waals surface area contributed by atoms with Gasteiger partial charge in [0, 0.05) is 70.4 Å². The first kappa shape index (κ1) is 19.4. The number of carbonyl (C=O) groups is 2. The van der Waals surface area contributed by atoms with Crippen LogP contribution in [0, 0.1) is 0 Å². The van der Waals surface area contributed by atoms with E-state index in [2.05, 4.69) is 22.8 Å². The molecule has 3 heterocycles. The van der Waals surface area contributed by atoms with Crippen molar-refractivity contribution in [2.45, 2.75) is 38.6 Å². The van der Waals surface area contributed by atoms with Crippen LogP contribution in [0.2, 0.25) is 0 Å². The summed E-state index contributed by atoms with van der Waals surface area (Å²) in [7, 11) is 0. The third kappa shape index (κ3) is 4.08. The number of fused-ring (bicyclic) bond motifs is 1. The summed E-state index contributed by atoms with van der Waals surface area (Å²) >= 11 is 0. The van der Waals surface area contributed by atoms with Crippen molar-refractivity contribution in [1.29, 1.82) is 0 Å². The highest BCUT2D eigenvalue weighted by molar-refractivity contribution is 5.97. The van der Waals surface area contributed by atoms with E-state index in [0.29, 0.717) is 25.4 Å². The molecule has 28 heavy (non-hydrogen) atoms. The van der Waals surface area contributed by atoms with Crippen molar-refractivity contribution in [1.82, 2.24) is 14.7 Å². The number of rotatable bonds is 5. The number of benzene rings is 1. The van der Waals surface area contributed by atoms with Crippen LogP contribution >= 0.6 is 0 Å². The number of hydrogen-bond donors (Lipinski definition) is 0. The van der Waals surface area contributed by atoms with Gasteiger partial charge >= 0.3 is 0 Å². The predicted molar refractivity (Wildman–Crippen MR) is 110 cm³/mol. The zero-order valence-corrected chi connectivity index (χ0v) is 17.0. The van der Waals surface area contributed by atoms with Crippen LogP contribution in [0.15, 0.2) is 24.3 Å². The molecule has 0 radical (unpaired) electrons. The maximum Gasteiger partial charge on any atom is 0.227 e. The average Bonchev–Trinajstić information content (AvgIpc) is 3.23. The van der Waals surface area contributed by atoms with Crippen LogP contribution in [0.4, 0.5) is 5.69 Å². The summed E-state index contributed by atoms with van der Waals surface area (Å²) in [6, 6.07) is 8.57. The first-order valence-electron chi connectivity index (χ1n) is 10.8. The predicted octanol–water partition coefficient (Wildman–Crippen LogP) is 1.59. The van der Waals surface area contributed by atoms with E-state index in [9.17, 15) is 9.59 Å². The second kappa shape index (κ2) is 8.62. The van der Waals surface area contributed by atoms with Gasteiger partial charge in [-0.05, 0) is 31.0 Å². The molecule has 6 nitrogen and oxygen atoms in total. The van der Waals surface area contributed by atoms with Crippen molar-refractivity contribution in [2.24, 2.45) is 0 Å². The Kier molecular flexibility index (Phi) is 5.97. The van der Waals surface area contributed by atoms with Gasteiger partial charge in [-0.3, -0.25) is 14.5 Å². The highest BCUT2D eigenvalue weighted by Crippen LogP contribution is 2.28. The number of nitrogens with zero attached hydrogens (tertiary/aromatic N) is 4. The number of anilines is 1. The van der Waals surface area contributed by atoms with Gasteiger partial charge in [0.15, 0.2) is 0 Å². The van der Waals surface area contributed by atoms with Gasteiger partial charge < -0.3 is 14.7 Å².